The maximum absolute atomic E-state index is 12.1. The van der Waals surface area contributed by atoms with Gasteiger partial charge in [-0.2, -0.15) is 0 Å². The zero-order valence-corrected chi connectivity index (χ0v) is 11.3. The van der Waals surface area contributed by atoms with Crippen molar-refractivity contribution < 1.29 is 14.3 Å². The molecular formula is C16H15NO3. The number of ether oxygens (including phenoxy) is 1. The first-order valence-corrected chi connectivity index (χ1v) is 6.18. The first kappa shape index (κ1) is 13.8. The van der Waals surface area contributed by atoms with Gasteiger partial charge in [-0.1, -0.05) is 24.3 Å². The highest BCUT2D eigenvalue weighted by atomic mass is 16.5. The Bertz CT molecular complexity index is 635. The molecule has 0 spiro atoms. The molecular weight excluding hydrogens is 254 g/mol. The van der Waals surface area contributed by atoms with E-state index >= 15 is 0 Å². The number of carbonyl (C=O) groups excluding carboxylic acids is 2. The maximum Gasteiger partial charge on any atom is 0.255 e. The van der Waals surface area contributed by atoms with E-state index in [9.17, 15) is 9.59 Å². The fourth-order valence-corrected chi connectivity index (χ4v) is 1.95. The van der Waals surface area contributed by atoms with E-state index in [2.05, 4.69) is 5.32 Å². The summed E-state index contributed by atoms with van der Waals surface area (Å²) in [6.07, 6.45) is 0. The number of methoxy groups -OCH3 is 1. The van der Waals surface area contributed by atoms with Gasteiger partial charge >= 0.3 is 0 Å². The predicted molar refractivity (Wildman–Crippen MR) is 77.4 cm³/mol. The van der Waals surface area contributed by atoms with Gasteiger partial charge in [0, 0.05) is 5.56 Å². The molecule has 0 radical (unpaired) electrons. The van der Waals surface area contributed by atoms with Crippen LogP contribution in [0.25, 0.3) is 0 Å². The molecule has 2 rings (SSSR count). The van der Waals surface area contributed by atoms with Gasteiger partial charge < -0.3 is 10.1 Å². The monoisotopic (exact) mass is 269 g/mol. The van der Waals surface area contributed by atoms with Crippen LogP contribution in [-0.2, 0) is 0 Å². The molecule has 1 amide bonds. The summed E-state index contributed by atoms with van der Waals surface area (Å²) in [6.45, 7) is 1.44. The molecule has 0 aromatic heterocycles. The van der Waals surface area contributed by atoms with Crippen LogP contribution in [0.1, 0.15) is 27.6 Å². The van der Waals surface area contributed by atoms with E-state index in [1.807, 2.05) is 6.07 Å². The van der Waals surface area contributed by atoms with E-state index in [4.69, 9.17) is 4.74 Å². The van der Waals surface area contributed by atoms with Crippen molar-refractivity contribution in [1.82, 2.24) is 0 Å². The molecule has 0 aliphatic carbocycles. The van der Waals surface area contributed by atoms with Crippen LogP contribution >= 0.6 is 0 Å². The van der Waals surface area contributed by atoms with Crippen molar-refractivity contribution >= 4 is 17.4 Å². The van der Waals surface area contributed by atoms with Crippen molar-refractivity contribution in [2.45, 2.75) is 6.92 Å². The molecule has 4 nitrogen and oxygen atoms in total. The van der Waals surface area contributed by atoms with Crippen LogP contribution in [0.2, 0.25) is 0 Å². The zero-order valence-electron chi connectivity index (χ0n) is 11.3. The van der Waals surface area contributed by atoms with Crippen molar-refractivity contribution in [2.24, 2.45) is 0 Å². The normalized spacial score (nSPS) is 9.90. The molecule has 0 heterocycles. The zero-order chi connectivity index (χ0) is 14.5. The second-order valence-corrected chi connectivity index (χ2v) is 4.26. The molecule has 4 heteroatoms. The summed E-state index contributed by atoms with van der Waals surface area (Å²) >= 11 is 0. The summed E-state index contributed by atoms with van der Waals surface area (Å²) in [4.78, 5) is 23.9. The third-order valence-corrected chi connectivity index (χ3v) is 2.88. The first-order valence-electron chi connectivity index (χ1n) is 6.18. The number of hydrogen-bond donors (Lipinski definition) is 1. The molecule has 0 saturated heterocycles. The second-order valence-electron chi connectivity index (χ2n) is 4.26. The highest BCUT2D eigenvalue weighted by Gasteiger charge is 2.15. The van der Waals surface area contributed by atoms with Crippen molar-refractivity contribution in [3.8, 4) is 5.75 Å². The number of ketones is 1. The van der Waals surface area contributed by atoms with Gasteiger partial charge in [-0.05, 0) is 31.2 Å². The molecule has 0 bridgehead atoms. The number of amides is 1. The van der Waals surface area contributed by atoms with Gasteiger partial charge in [-0.15, -0.1) is 0 Å². The third-order valence-electron chi connectivity index (χ3n) is 2.88. The fourth-order valence-electron chi connectivity index (χ4n) is 1.95. The van der Waals surface area contributed by atoms with Gasteiger partial charge in [0.25, 0.3) is 5.91 Å². The lowest BCUT2D eigenvalue weighted by atomic mass is 10.1. The Balaban J connectivity index is 2.34. The Morgan fingerprint density at radius 3 is 2.30 bits per heavy atom. The van der Waals surface area contributed by atoms with Crippen LogP contribution in [0, 0.1) is 0 Å². The van der Waals surface area contributed by atoms with Gasteiger partial charge in [-0.3, -0.25) is 9.59 Å². The minimum absolute atomic E-state index is 0.161. The van der Waals surface area contributed by atoms with Crippen molar-refractivity contribution in [2.75, 3.05) is 12.4 Å². The predicted octanol–water partition coefficient (Wildman–Crippen LogP) is 3.15. The molecule has 102 valence electrons. The Kier molecular flexibility index (Phi) is 4.15. The van der Waals surface area contributed by atoms with Gasteiger partial charge in [0.15, 0.2) is 5.78 Å². The average Bonchev–Trinajstić information content (AvgIpc) is 2.47. The van der Waals surface area contributed by atoms with Gasteiger partial charge in [0.05, 0.1) is 18.4 Å². The molecule has 0 aliphatic rings. The molecule has 0 saturated carbocycles. The lowest BCUT2D eigenvalue weighted by Crippen LogP contribution is -2.14. The summed E-state index contributed by atoms with van der Waals surface area (Å²) in [6, 6.07) is 13.9. The van der Waals surface area contributed by atoms with Crippen molar-refractivity contribution in [3.63, 3.8) is 0 Å². The number of carbonyl (C=O) groups is 2. The highest BCUT2D eigenvalue weighted by molar-refractivity contribution is 6.10. The minimum Gasteiger partial charge on any atom is -0.496 e. The van der Waals surface area contributed by atoms with Crippen LogP contribution in [0.5, 0.6) is 5.75 Å². The maximum atomic E-state index is 12.1. The van der Waals surface area contributed by atoms with Crippen molar-refractivity contribution in [3.05, 3.63) is 59.7 Å². The van der Waals surface area contributed by atoms with Crippen LogP contribution in [-0.4, -0.2) is 18.8 Å². The standard InChI is InChI=1S/C16H15NO3/c1-11(18)15-13(9-6-10-14(15)20-2)17-16(19)12-7-4-3-5-8-12/h3-10H,1-2H3,(H,17,19). The summed E-state index contributed by atoms with van der Waals surface area (Å²) in [5.41, 5.74) is 1.36. The quantitative estimate of drug-likeness (QED) is 0.867. The largest absolute Gasteiger partial charge is 0.496 e. The number of nitrogens with one attached hydrogen (secondary N) is 1. The Morgan fingerprint density at radius 2 is 1.70 bits per heavy atom. The molecule has 0 unspecified atom stereocenters. The first-order chi connectivity index (χ1) is 9.63. The number of benzene rings is 2. The lowest BCUT2D eigenvalue weighted by Gasteiger charge is -2.12. The third kappa shape index (κ3) is 2.85. The molecule has 0 atom stereocenters. The smallest absolute Gasteiger partial charge is 0.255 e. The van der Waals surface area contributed by atoms with Crippen LogP contribution in [0.15, 0.2) is 48.5 Å². The fraction of sp³-hybridized carbons (Fsp3) is 0.125. The van der Waals surface area contributed by atoms with Crippen LogP contribution in [0.4, 0.5) is 5.69 Å². The average molecular weight is 269 g/mol. The molecule has 20 heavy (non-hydrogen) atoms. The van der Waals surface area contributed by atoms with Gasteiger partial charge in [0.1, 0.15) is 5.75 Å². The van der Waals surface area contributed by atoms with Crippen LogP contribution in [0.3, 0.4) is 0 Å². The SMILES string of the molecule is COc1cccc(NC(=O)c2ccccc2)c1C(C)=O. The molecule has 0 aliphatic heterocycles. The van der Waals surface area contributed by atoms with Gasteiger partial charge in [0.2, 0.25) is 0 Å². The van der Waals surface area contributed by atoms with Crippen LogP contribution < -0.4 is 10.1 Å². The minimum atomic E-state index is -0.263. The second kappa shape index (κ2) is 6.02. The highest BCUT2D eigenvalue weighted by Crippen LogP contribution is 2.27. The summed E-state index contributed by atoms with van der Waals surface area (Å²) in [7, 11) is 1.49. The van der Waals surface area contributed by atoms with Gasteiger partial charge in [-0.25, -0.2) is 0 Å². The number of anilines is 1. The molecule has 2 aromatic rings. The molecule has 2 aromatic carbocycles. The Labute approximate surface area is 117 Å². The van der Waals surface area contributed by atoms with E-state index < -0.39 is 0 Å². The molecule has 0 fully saturated rings. The Hall–Kier alpha value is -2.62. The molecule has 1 N–H and O–H groups in total. The summed E-state index contributed by atoms with van der Waals surface area (Å²) in [5, 5.41) is 2.74. The topological polar surface area (TPSA) is 55.4 Å². The van der Waals surface area contributed by atoms with E-state index in [0.29, 0.717) is 22.6 Å². The summed E-state index contributed by atoms with van der Waals surface area (Å²) < 4.78 is 5.16. The summed E-state index contributed by atoms with van der Waals surface area (Å²) in [5.74, 6) is 0.0236. The van der Waals surface area contributed by atoms with E-state index in [1.54, 1.807) is 42.5 Å². The lowest BCUT2D eigenvalue weighted by molar-refractivity contribution is 0.101. The van der Waals surface area contributed by atoms with E-state index in [0.717, 1.165) is 0 Å². The Morgan fingerprint density at radius 1 is 1.00 bits per heavy atom. The van der Waals surface area contributed by atoms with E-state index in [-0.39, 0.29) is 11.7 Å². The number of Topliss-reactive ketones (excluding diaryl/α,β-unsaturated/α-hetero) is 1. The van der Waals surface area contributed by atoms with E-state index in [1.165, 1.54) is 14.0 Å². The number of rotatable bonds is 4. The van der Waals surface area contributed by atoms with Crippen molar-refractivity contribution in [1.29, 1.82) is 0 Å². The number of hydrogen-bond acceptors (Lipinski definition) is 3.